The Labute approximate surface area is 132 Å². The van der Waals surface area contributed by atoms with Gasteiger partial charge < -0.3 is 9.47 Å². The molecule has 20 heavy (non-hydrogen) atoms. The van der Waals surface area contributed by atoms with Crippen LogP contribution in [0.15, 0.2) is 40.9 Å². The van der Waals surface area contributed by atoms with Gasteiger partial charge in [-0.25, -0.2) is 0 Å². The second kappa shape index (κ2) is 6.51. The first-order chi connectivity index (χ1) is 9.56. The average molecular weight is 356 g/mol. The molecule has 0 aliphatic heterocycles. The molecule has 0 aliphatic rings. The van der Waals surface area contributed by atoms with Gasteiger partial charge in [-0.3, -0.25) is 0 Å². The smallest absolute Gasteiger partial charge is 0.133 e. The highest BCUT2D eigenvalue weighted by atomic mass is 79.9. The minimum absolute atomic E-state index is 0.205. The van der Waals surface area contributed by atoms with E-state index in [1.54, 1.807) is 14.2 Å². The number of alkyl halides is 1. The van der Waals surface area contributed by atoms with Gasteiger partial charge in [0.15, 0.2) is 0 Å². The summed E-state index contributed by atoms with van der Waals surface area (Å²) in [6.07, 6.45) is 0. The van der Waals surface area contributed by atoms with Crippen LogP contribution in [-0.2, 0) is 0 Å². The third-order valence-corrected chi connectivity index (χ3v) is 4.33. The van der Waals surface area contributed by atoms with E-state index in [2.05, 4.69) is 15.9 Å². The zero-order valence-corrected chi connectivity index (χ0v) is 14.0. The molecule has 2 aromatic carbocycles. The van der Waals surface area contributed by atoms with Crippen LogP contribution in [-0.4, -0.2) is 14.2 Å². The predicted molar refractivity (Wildman–Crippen MR) is 86.1 cm³/mol. The van der Waals surface area contributed by atoms with E-state index in [0.717, 1.165) is 32.7 Å². The number of rotatable bonds is 4. The molecule has 0 spiro atoms. The van der Waals surface area contributed by atoms with Crippen molar-refractivity contribution < 1.29 is 9.47 Å². The molecule has 0 saturated heterocycles. The quantitative estimate of drug-likeness (QED) is 0.710. The van der Waals surface area contributed by atoms with Crippen molar-refractivity contribution in [2.75, 3.05) is 14.2 Å². The van der Waals surface area contributed by atoms with Crippen molar-refractivity contribution in [2.45, 2.75) is 12.3 Å². The summed E-state index contributed by atoms with van der Waals surface area (Å²) in [5.41, 5.74) is 3.20. The van der Waals surface area contributed by atoms with Crippen LogP contribution in [0.2, 0.25) is 0 Å². The van der Waals surface area contributed by atoms with Gasteiger partial charge in [0, 0.05) is 0 Å². The fourth-order valence-corrected chi connectivity index (χ4v) is 3.02. The highest BCUT2D eigenvalue weighted by Crippen LogP contribution is 2.36. The summed E-state index contributed by atoms with van der Waals surface area (Å²) in [6.45, 7) is 2.03. The Morgan fingerprint density at radius 3 is 2.35 bits per heavy atom. The van der Waals surface area contributed by atoms with Crippen molar-refractivity contribution in [2.24, 2.45) is 0 Å². The summed E-state index contributed by atoms with van der Waals surface area (Å²) in [7, 11) is 3.30. The summed E-state index contributed by atoms with van der Waals surface area (Å²) < 4.78 is 11.3. The molecule has 0 fully saturated rings. The Morgan fingerprint density at radius 2 is 1.80 bits per heavy atom. The molecule has 106 valence electrons. The van der Waals surface area contributed by atoms with Gasteiger partial charge in [-0.2, -0.15) is 0 Å². The lowest BCUT2D eigenvalue weighted by atomic mass is 9.99. The second-order valence-corrected chi connectivity index (χ2v) is 5.77. The molecule has 0 heterocycles. The Balaban J connectivity index is 2.35. The maximum absolute atomic E-state index is 6.60. The van der Waals surface area contributed by atoms with Crippen LogP contribution in [0.5, 0.6) is 11.5 Å². The Kier molecular flexibility index (Phi) is 4.95. The number of halogens is 2. The molecule has 2 rings (SSSR count). The Hall–Kier alpha value is -1.19. The first-order valence-electron chi connectivity index (χ1n) is 6.19. The number of hydrogen-bond acceptors (Lipinski definition) is 2. The number of ether oxygens (including phenoxy) is 2. The van der Waals surface area contributed by atoms with Crippen molar-refractivity contribution in [1.29, 1.82) is 0 Å². The SMILES string of the molecule is COc1ccc(C(Cl)c2ccc(OC)c(Br)c2)c(C)c1. The molecule has 1 atom stereocenters. The van der Waals surface area contributed by atoms with E-state index >= 15 is 0 Å². The van der Waals surface area contributed by atoms with E-state index in [9.17, 15) is 0 Å². The van der Waals surface area contributed by atoms with E-state index in [1.165, 1.54) is 0 Å². The Bertz CT molecular complexity index is 613. The molecule has 0 saturated carbocycles. The van der Waals surface area contributed by atoms with E-state index < -0.39 is 0 Å². The summed E-state index contributed by atoms with van der Waals surface area (Å²) in [6, 6.07) is 11.8. The monoisotopic (exact) mass is 354 g/mol. The molecule has 2 aromatic rings. The van der Waals surface area contributed by atoms with Crippen molar-refractivity contribution in [3.05, 3.63) is 57.6 Å². The lowest BCUT2D eigenvalue weighted by Gasteiger charge is -2.15. The predicted octanol–water partition coefficient (Wildman–Crippen LogP) is 5.10. The normalized spacial score (nSPS) is 12.1. The number of methoxy groups -OCH3 is 2. The third-order valence-electron chi connectivity index (χ3n) is 3.22. The summed E-state index contributed by atoms with van der Waals surface area (Å²) in [5, 5.41) is -0.205. The van der Waals surface area contributed by atoms with E-state index in [-0.39, 0.29) is 5.38 Å². The van der Waals surface area contributed by atoms with Gasteiger partial charge in [-0.1, -0.05) is 12.1 Å². The highest BCUT2D eigenvalue weighted by molar-refractivity contribution is 9.10. The van der Waals surface area contributed by atoms with Crippen molar-refractivity contribution in [3.8, 4) is 11.5 Å². The lowest BCUT2D eigenvalue weighted by molar-refractivity contribution is 0.412. The third kappa shape index (κ3) is 3.10. The van der Waals surface area contributed by atoms with Gasteiger partial charge in [0.25, 0.3) is 0 Å². The summed E-state index contributed by atoms with van der Waals surface area (Å²) in [4.78, 5) is 0. The number of benzene rings is 2. The second-order valence-electron chi connectivity index (χ2n) is 4.48. The lowest BCUT2D eigenvalue weighted by Crippen LogP contribution is -1.98. The van der Waals surface area contributed by atoms with Gasteiger partial charge in [0.05, 0.1) is 24.1 Å². The summed E-state index contributed by atoms with van der Waals surface area (Å²) in [5.74, 6) is 1.63. The molecular formula is C16H16BrClO2. The van der Waals surface area contributed by atoms with Gasteiger partial charge >= 0.3 is 0 Å². The van der Waals surface area contributed by atoms with Gasteiger partial charge in [-0.05, 0) is 63.8 Å². The largest absolute Gasteiger partial charge is 0.497 e. The molecule has 0 aliphatic carbocycles. The zero-order chi connectivity index (χ0) is 14.7. The highest BCUT2D eigenvalue weighted by Gasteiger charge is 2.15. The minimum Gasteiger partial charge on any atom is -0.497 e. The van der Waals surface area contributed by atoms with Crippen molar-refractivity contribution in [1.82, 2.24) is 0 Å². The van der Waals surface area contributed by atoms with Crippen LogP contribution in [0.3, 0.4) is 0 Å². The molecule has 2 nitrogen and oxygen atoms in total. The van der Waals surface area contributed by atoms with E-state index in [0.29, 0.717) is 0 Å². The van der Waals surface area contributed by atoms with Gasteiger partial charge in [-0.15, -0.1) is 11.6 Å². The fraction of sp³-hybridized carbons (Fsp3) is 0.250. The fourth-order valence-electron chi connectivity index (χ4n) is 2.08. The molecule has 0 amide bonds. The molecule has 0 aromatic heterocycles. The maximum Gasteiger partial charge on any atom is 0.133 e. The van der Waals surface area contributed by atoms with Crippen LogP contribution in [0.25, 0.3) is 0 Å². The van der Waals surface area contributed by atoms with Crippen molar-refractivity contribution >= 4 is 27.5 Å². The van der Waals surface area contributed by atoms with Gasteiger partial charge in [0.1, 0.15) is 11.5 Å². The topological polar surface area (TPSA) is 18.5 Å². The molecular weight excluding hydrogens is 340 g/mol. The average Bonchev–Trinajstić information content (AvgIpc) is 2.46. The molecule has 0 bridgehead atoms. The van der Waals surface area contributed by atoms with Crippen molar-refractivity contribution in [3.63, 3.8) is 0 Å². The zero-order valence-electron chi connectivity index (χ0n) is 11.6. The Morgan fingerprint density at radius 1 is 1.05 bits per heavy atom. The molecule has 4 heteroatoms. The van der Waals surface area contributed by atoms with E-state index in [1.807, 2.05) is 43.3 Å². The maximum atomic E-state index is 6.60. The number of aryl methyl sites for hydroxylation is 1. The first kappa shape index (κ1) is 15.2. The van der Waals surface area contributed by atoms with Crippen LogP contribution in [0, 0.1) is 6.92 Å². The first-order valence-corrected chi connectivity index (χ1v) is 7.41. The van der Waals surface area contributed by atoms with Crippen LogP contribution < -0.4 is 9.47 Å². The minimum atomic E-state index is -0.205. The van der Waals surface area contributed by atoms with Crippen LogP contribution >= 0.6 is 27.5 Å². The molecule has 0 N–H and O–H groups in total. The van der Waals surface area contributed by atoms with E-state index in [4.69, 9.17) is 21.1 Å². The van der Waals surface area contributed by atoms with Gasteiger partial charge in [0.2, 0.25) is 0 Å². The molecule has 0 radical (unpaired) electrons. The standard InChI is InChI=1S/C16H16BrClO2/c1-10-8-12(19-2)5-6-13(10)16(18)11-4-7-15(20-3)14(17)9-11/h4-9,16H,1-3H3. The number of hydrogen-bond donors (Lipinski definition) is 0. The molecule has 1 unspecified atom stereocenters. The van der Waals surface area contributed by atoms with Crippen LogP contribution in [0.1, 0.15) is 22.1 Å². The van der Waals surface area contributed by atoms with Crippen LogP contribution in [0.4, 0.5) is 0 Å². The summed E-state index contributed by atoms with van der Waals surface area (Å²) >= 11 is 10.1.